The van der Waals surface area contributed by atoms with Gasteiger partial charge < -0.3 is 9.84 Å². The minimum absolute atomic E-state index is 0.203. The number of hydrogen-bond acceptors (Lipinski definition) is 2. The fourth-order valence-corrected chi connectivity index (χ4v) is 3.89. The molecule has 0 bridgehead atoms. The lowest BCUT2D eigenvalue weighted by atomic mass is 9.59. The zero-order valence-electron chi connectivity index (χ0n) is 11.3. The minimum Gasteiger partial charge on any atom is -0.481 e. The molecule has 1 fully saturated rings. The third-order valence-electron chi connectivity index (χ3n) is 4.85. The average molecular weight is 260 g/mol. The Hall–Kier alpha value is -1.35. The highest BCUT2D eigenvalue weighted by atomic mass is 16.5. The lowest BCUT2D eigenvalue weighted by molar-refractivity contribution is -0.147. The molecule has 3 rings (SSSR count). The maximum absolute atomic E-state index is 11.7. The maximum Gasteiger partial charge on any atom is 0.307 e. The highest BCUT2D eigenvalue weighted by molar-refractivity contribution is 5.73. The van der Waals surface area contributed by atoms with Crippen molar-refractivity contribution in [1.29, 1.82) is 0 Å². The SMILES string of the molecule is Cc1ccc2c(c1)CCC(C(=O)O)C21CCOCC1. The molecule has 3 nitrogen and oxygen atoms in total. The number of aryl methyl sites for hydroxylation is 2. The van der Waals surface area contributed by atoms with E-state index in [-0.39, 0.29) is 11.3 Å². The number of hydrogen-bond donors (Lipinski definition) is 1. The van der Waals surface area contributed by atoms with E-state index >= 15 is 0 Å². The van der Waals surface area contributed by atoms with Crippen molar-refractivity contribution in [3.05, 3.63) is 34.9 Å². The van der Waals surface area contributed by atoms with Crippen LogP contribution in [-0.4, -0.2) is 24.3 Å². The first-order chi connectivity index (χ1) is 9.13. The largest absolute Gasteiger partial charge is 0.481 e. The van der Waals surface area contributed by atoms with Crippen molar-refractivity contribution in [2.45, 2.75) is 38.0 Å². The summed E-state index contributed by atoms with van der Waals surface area (Å²) in [5.74, 6) is -0.903. The molecule has 1 unspecified atom stereocenters. The number of aliphatic carboxylic acids is 1. The maximum atomic E-state index is 11.7. The first-order valence-electron chi connectivity index (χ1n) is 7.04. The molecule has 1 N–H and O–H groups in total. The summed E-state index contributed by atoms with van der Waals surface area (Å²) >= 11 is 0. The van der Waals surface area contributed by atoms with Crippen molar-refractivity contribution < 1.29 is 14.6 Å². The summed E-state index contributed by atoms with van der Waals surface area (Å²) in [4.78, 5) is 11.7. The molecule has 0 amide bonds. The van der Waals surface area contributed by atoms with Gasteiger partial charge in [-0.15, -0.1) is 0 Å². The van der Waals surface area contributed by atoms with Gasteiger partial charge in [0.1, 0.15) is 0 Å². The molecule has 1 atom stereocenters. The van der Waals surface area contributed by atoms with Gasteiger partial charge in [-0.25, -0.2) is 0 Å². The van der Waals surface area contributed by atoms with Gasteiger partial charge in [0.25, 0.3) is 0 Å². The molecule has 1 heterocycles. The van der Waals surface area contributed by atoms with Crippen LogP contribution in [-0.2, 0) is 21.4 Å². The summed E-state index contributed by atoms with van der Waals surface area (Å²) in [7, 11) is 0. The molecule has 1 spiro atoms. The van der Waals surface area contributed by atoms with E-state index in [4.69, 9.17) is 4.74 Å². The Morgan fingerprint density at radius 2 is 2.11 bits per heavy atom. The molecule has 0 aromatic heterocycles. The molecule has 1 aromatic rings. The van der Waals surface area contributed by atoms with Gasteiger partial charge in [0, 0.05) is 18.6 Å². The zero-order chi connectivity index (χ0) is 13.5. The van der Waals surface area contributed by atoms with Crippen molar-refractivity contribution in [2.24, 2.45) is 5.92 Å². The van der Waals surface area contributed by atoms with Crippen LogP contribution in [0.5, 0.6) is 0 Å². The summed E-state index contributed by atoms with van der Waals surface area (Å²) in [6.45, 7) is 3.45. The van der Waals surface area contributed by atoms with Gasteiger partial charge in [0.15, 0.2) is 0 Å². The number of rotatable bonds is 1. The standard InChI is InChI=1S/C16H20O3/c1-11-2-4-13-12(10-11)3-5-14(15(17)18)16(13)6-8-19-9-7-16/h2,4,10,14H,3,5-9H2,1H3,(H,17,18). The van der Waals surface area contributed by atoms with Gasteiger partial charge >= 0.3 is 5.97 Å². The number of benzene rings is 1. The van der Waals surface area contributed by atoms with Gasteiger partial charge in [-0.05, 0) is 43.7 Å². The molecule has 102 valence electrons. The van der Waals surface area contributed by atoms with E-state index in [1.807, 2.05) is 0 Å². The fraction of sp³-hybridized carbons (Fsp3) is 0.562. The van der Waals surface area contributed by atoms with E-state index in [1.54, 1.807) is 0 Å². The molecule has 0 saturated carbocycles. The molecule has 1 saturated heterocycles. The van der Waals surface area contributed by atoms with Crippen LogP contribution in [0.3, 0.4) is 0 Å². The van der Waals surface area contributed by atoms with Gasteiger partial charge in [-0.2, -0.15) is 0 Å². The number of carboxylic acid groups (broad SMARTS) is 1. The van der Waals surface area contributed by atoms with Crippen molar-refractivity contribution in [3.63, 3.8) is 0 Å². The smallest absolute Gasteiger partial charge is 0.307 e. The molecule has 19 heavy (non-hydrogen) atoms. The third kappa shape index (κ3) is 1.96. The second-order valence-corrected chi connectivity index (χ2v) is 5.86. The minimum atomic E-state index is -0.645. The van der Waals surface area contributed by atoms with Crippen LogP contribution in [0.25, 0.3) is 0 Å². The lowest BCUT2D eigenvalue weighted by Gasteiger charge is -2.46. The first kappa shape index (κ1) is 12.7. The number of carbonyl (C=O) groups is 1. The van der Waals surface area contributed by atoms with E-state index < -0.39 is 5.97 Å². The summed E-state index contributed by atoms with van der Waals surface area (Å²) in [6.07, 6.45) is 3.31. The Morgan fingerprint density at radius 1 is 1.37 bits per heavy atom. The summed E-state index contributed by atoms with van der Waals surface area (Å²) in [6, 6.07) is 6.50. The van der Waals surface area contributed by atoms with E-state index in [1.165, 1.54) is 16.7 Å². The molecule has 1 aromatic carbocycles. The Kier molecular flexibility index (Phi) is 3.09. The van der Waals surface area contributed by atoms with E-state index in [9.17, 15) is 9.90 Å². The van der Waals surface area contributed by atoms with E-state index in [2.05, 4.69) is 25.1 Å². The fourth-order valence-electron chi connectivity index (χ4n) is 3.89. The first-order valence-corrected chi connectivity index (χ1v) is 7.04. The molecule has 1 aliphatic carbocycles. The van der Waals surface area contributed by atoms with E-state index in [0.717, 1.165) is 25.7 Å². The summed E-state index contributed by atoms with van der Waals surface area (Å²) in [5, 5.41) is 9.60. The number of carboxylic acids is 1. The average Bonchev–Trinajstić information content (AvgIpc) is 2.39. The van der Waals surface area contributed by atoms with Crippen LogP contribution in [0, 0.1) is 12.8 Å². The van der Waals surface area contributed by atoms with Crippen molar-refractivity contribution in [3.8, 4) is 0 Å². The van der Waals surface area contributed by atoms with Crippen LogP contribution < -0.4 is 0 Å². The van der Waals surface area contributed by atoms with Crippen LogP contribution in [0.15, 0.2) is 18.2 Å². The second kappa shape index (κ2) is 4.64. The highest BCUT2D eigenvalue weighted by Crippen LogP contribution is 2.48. The van der Waals surface area contributed by atoms with Crippen molar-refractivity contribution >= 4 is 5.97 Å². The molecule has 0 radical (unpaired) electrons. The van der Waals surface area contributed by atoms with Crippen LogP contribution in [0.2, 0.25) is 0 Å². The van der Waals surface area contributed by atoms with Crippen LogP contribution in [0.4, 0.5) is 0 Å². The van der Waals surface area contributed by atoms with E-state index in [0.29, 0.717) is 13.2 Å². The zero-order valence-corrected chi connectivity index (χ0v) is 11.3. The highest BCUT2D eigenvalue weighted by Gasteiger charge is 2.48. The Labute approximate surface area is 113 Å². The van der Waals surface area contributed by atoms with Crippen LogP contribution in [0.1, 0.15) is 36.0 Å². The van der Waals surface area contributed by atoms with Crippen molar-refractivity contribution in [1.82, 2.24) is 0 Å². The second-order valence-electron chi connectivity index (χ2n) is 5.86. The Morgan fingerprint density at radius 3 is 2.79 bits per heavy atom. The number of ether oxygens (including phenoxy) is 1. The number of fused-ring (bicyclic) bond motifs is 2. The molecule has 3 heteroatoms. The molecular weight excluding hydrogens is 240 g/mol. The van der Waals surface area contributed by atoms with Gasteiger partial charge in [0.2, 0.25) is 0 Å². The molecular formula is C16H20O3. The van der Waals surface area contributed by atoms with Gasteiger partial charge in [-0.1, -0.05) is 23.8 Å². The van der Waals surface area contributed by atoms with Gasteiger partial charge in [0.05, 0.1) is 5.92 Å². The third-order valence-corrected chi connectivity index (χ3v) is 4.85. The van der Waals surface area contributed by atoms with Gasteiger partial charge in [-0.3, -0.25) is 4.79 Å². The predicted octanol–water partition coefficient (Wildman–Crippen LogP) is 2.69. The Balaban J connectivity index is 2.12. The summed E-state index contributed by atoms with van der Waals surface area (Å²) < 4.78 is 5.47. The predicted molar refractivity (Wildman–Crippen MR) is 72.4 cm³/mol. The summed E-state index contributed by atoms with van der Waals surface area (Å²) in [5.41, 5.74) is 3.67. The Bertz CT molecular complexity index is 501. The normalized spacial score (nSPS) is 25.0. The van der Waals surface area contributed by atoms with Crippen LogP contribution >= 0.6 is 0 Å². The molecule has 2 aliphatic rings. The lowest BCUT2D eigenvalue weighted by Crippen LogP contribution is -2.47. The molecule has 1 aliphatic heterocycles. The van der Waals surface area contributed by atoms with Crippen molar-refractivity contribution in [2.75, 3.05) is 13.2 Å². The monoisotopic (exact) mass is 260 g/mol. The quantitative estimate of drug-likeness (QED) is 0.844. The topological polar surface area (TPSA) is 46.5 Å².